The maximum atomic E-state index is 11.6. The van der Waals surface area contributed by atoms with Crippen molar-refractivity contribution in [2.45, 2.75) is 0 Å². The number of H-pyrrole nitrogens is 1. The van der Waals surface area contributed by atoms with Crippen molar-refractivity contribution in [3.05, 3.63) is 21.6 Å². The summed E-state index contributed by atoms with van der Waals surface area (Å²) >= 11 is 5.71. The number of aromatic amines is 1. The first-order valence-electron chi connectivity index (χ1n) is 4.25. The maximum Gasteiger partial charge on any atom is 0.290 e. The van der Waals surface area contributed by atoms with Gasteiger partial charge in [0.15, 0.2) is 5.15 Å². The molecule has 0 aliphatic heterocycles. The Bertz CT molecular complexity index is 574. The number of nitrogens with zero attached hydrogens (tertiary/aromatic N) is 4. The van der Waals surface area contributed by atoms with Gasteiger partial charge in [0.2, 0.25) is 11.9 Å². The number of aromatic nitrogens is 5. The highest BCUT2D eigenvalue weighted by molar-refractivity contribution is 6.29. The highest BCUT2D eigenvalue weighted by atomic mass is 35.5. The number of aryl methyl sites for hydroxylation is 1. The van der Waals surface area contributed by atoms with Crippen molar-refractivity contribution in [3.63, 3.8) is 0 Å². The third-order valence-corrected chi connectivity index (χ3v) is 1.97. The zero-order chi connectivity index (χ0) is 11.7. The summed E-state index contributed by atoms with van der Waals surface area (Å²) in [6.45, 7) is 0. The molecule has 16 heavy (non-hydrogen) atoms. The number of halogens is 1. The molecule has 0 unspecified atom stereocenters. The van der Waals surface area contributed by atoms with E-state index < -0.39 is 0 Å². The van der Waals surface area contributed by atoms with Crippen LogP contribution in [0.4, 0.5) is 17.6 Å². The number of hydrogen-bond donors (Lipinski definition) is 3. The molecule has 0 spiro atoms. The second kappa shape index (κ2) is 3.81. The van der Waals surface area contributed by atoms with Crippen molar-refractivity contribution in [2.24, 2.45) is 7.05 Å². The number of nitrogen functional groups attached to an aromatic ring is 1. The number of rotatable bonds is 2. The maximum absolute atomic E-state index is 11.6. The molecule has 0 amide bonds. The highest BCUT2D eigenvalue weighted by Crippen LogP contribution is 2.11. The Morgan fingerprint density at radius 2 is 2.38 bits per heavy atom. The summed E-state index contributed by atoms with van der Waals surface area (Å²) in [5.41, 5.74) is 5.22. The lowest BCUT2D eigenvalue weighted by atomic mass is 10.4. The van der Waals surface area contributed by atoms with Gasteiger partial charge in [-0.1, -0.05) is 11.6 Å². The predicted octanol–water partition coefficient (Wildman–Crippen LogP) is -0.122. The van der Waals surface area contributed by atoms with Crippen molar-refractivity contribution in [3.8, 4) is 0 Å². The number of anilines is 3. The third-order valence-electron chi connectivity index (χ3n) is 1.78. The van der Waals surface area contributed by atoms with Gasteiger partial charge in [-0.05, 0) is 0 Å². The average molecular weight is 242 g/mol. The van der Waals surface area contributed by atoms with E-state index in [2.05, 4.69) is 25.6 Å². The molecule has 8 nitrogen and oxygen atoms in total. The zero-order valence-corrected chi connectivity index (χ0v) is 8.99. The predicted molar refractivity (Wildman–Crippen MR) is 58.6 cm³/mol. The highest BCUT2D eigenvalue weighted by Gasteiger charge is 2.07. The van der Waals surface area contributed by atoms with Crippen molar-refractivity contribution < 1.29 is 0 Å². The first kappa shape index (κ1) is 10.4. The van der Waals surface area contributed by atoms with Crippen LogP contribution in [-0.2, 0) is 7.05 Å². The first-order chi connectivity index (χ1) is 7.56. The third kappa shape index (κ3) is 1.96. The van der Waals surface area contributed by atoms with Crippen LogP contribution < -0.4 is 16.6 Å². The molecule has 0 bridgehead atoms. The summed E-state index contributed by atoms with van der Waals surface area (Å²) in [5.74, 6) is 0.344. The Morgan fingerprint density at radius 1 is 1.62 bits per heavy atom. The van der Waals surface area contributed by atoms with Gasteiger partial charge in [0.1, 0.15) is 5.69 Å². The van der Waals surface area contributed by atoms with Gasteiger partial charge in [0, 0.05) is 13.1 Å². The number of nitrogens with one attached hydrogen (secondary N) is 2. The van der Waals surface area contributed by atoms with Crippen molar-refractivity contribution in [1.29, 1.82) is 0 Å². The van der Waals surface area contributed by atoms with Crippen LogP contribution in [0.25, 0.3) is 0 Å². The quantitative estimate of drug-likeness (QED) is 0.675. The fourth-order valence-corrected chi connectivity index (χ4v) is 1.34. The fraction of sp³-hybridized carbons (Fsp3) is 0.143. The largest absolute Gasteiger partial charge is 0.368 e. The van der Waals surface area contributed by atoms with Crippen LogP contribution in [0, 0.1) is 0 Å². The zero-order valence-electron chi connectivity index (χ0n) is 8.23. The average Bonchev–Trinajstić information content (AvgIpc) is 2.60. The lowest BCUT2D eigenvalue weighted by Gasteiger charge is -2.03. The lowest BCUT2D eigenvalue weighted by molar-refractivity contribution is 0.710. The van der Waals surface area contributed by atoms with Crippen LogP contribution in [0.1, 0.15) is 0 Å². The summed E-state index contributed by atoms with van der Waals surface area (Å²) in [6.07, 6.45) is 0. The molecule has 0 atom stereocenters. The van der Waals surface area contributed by atoms with E-state index in [9.17, 15) is 4.79 Å². The summed E-state index contributed by atoms with van der Waals surface area (Å²) < 4.78 is 1.11. The minimum absolute atomic E-state index is 0.152. The van der Waals surface area contributed by atoms with Gasteiger partial charge in [0.25, 0.3) is 5.56 Å². The van der Waals surface area contributed by atoms with Crippen LogP contribution in [0.2, 0.25) is 5.15 Å². The monoisotopic (exact) mass is 241 g/mol. The van der Waals surface area contributed by atoms with Crippen LogP contribution in [-0.4, -0.2) is 25.0 Å². The van der Waals surface area contributed by atoms with Gasteiger partial charge in [-0.15, -0.1) is 5.10 Å². The molecule has 0 aromatic carbocycles. The molecule has 2 rings (SSSR count). The van der Waals surface area contributed by atoms with E-state index in [1.165, 1.54) is 13.1 Å². The Labute approximate surface area is 94.4 Å². The Kier molecular flexibility index (Phi) is 2.49. The van der Waals surface area contributed by atoms with E-state index in [1.807, 2.05) is 0 Å². The van der Waals surface area contributed by atoms with Crippen molar-refractivity contribution in [1.82, 2.24) is 25.0 Å². The summed E-state index contributed by atoms with van der Waals surface area (Å²) in [5, 5.41) is 12.8. The SMILES string of the molecule is Cn1nc(Cl)cc(Nc2n[nH]c(N)n2)c1=O. The van der Waals surface area contributed by atoms with Gasteiger partial charge >= 0.3 is 0 Å². The Hall–Kier alpha value is -2.09. The molecule has 2 aromatic rings. The van der Waals surface area contributed by atoms with E-state index in [0.717, 1.165) is 4.68 Å². The van der Waals surface area contributed by atoms with E-state index in [-0.39, 0.29) is 28.3 Å². The number of hydrogen-bond acceptors (Lipinski definition) is 6. The lowest BCUT2D eigenvalue weighted by Crippen LogP contribution is -2.22. The van der Waals surface area contributed by atoms with Crippen LogP contribution in [0.3, 0.4) is 0 Å². The van der Waals surface area contributed by atoms with Crippen LogP contribution in [0.5, 0.6) is 0 Å². The van der Waals surface area contributed by atoms with Crippen LogP contribution >= 0.6 is 11.6 Å². The van der Waals surface area contributed by atoms with E-state index in [1.54, 1.807) is 0 Å². The molecule has 0 radical (unpaired) electrons. The van der Waals surface area contributed by atoms with Gasteiger partial charge in [-0.2, -0.15) is 10.1 Å². The number of nitrogens with two attached hydrogens (primary N) is 1. The standard InChI is InChI=1S/C7H8ClN7O/c1-15-5(16)3(2-4(8)14-15)10-7-11-6(9)12-13-7/h2H,1H3,(H4,9,10,11,12,13). The van der Waals surface area contributed by atoms with Gasteiger partial charge in [-0.3, -0.25) is 4.79 Å². The molecule has 4 N–H and O–H groups in total. The molecule has 0 fully saturated rings. The Balaban J connectivity index is 2.38. The smallest absolute Gasteiger partial charge is 0.290 e. The van der Waals surface area contributed by atoms with E-state index >= 15 is 0 Å². The van der Waals surface area contributed by atoms with E-state index in [0.29, 0.717) is 0 Å². The summed E-state index contributed by atoms with van der Waals surface area (Å²) in [7, 11) is 1.49. The van der Waals surface area contributed by atoms with Crippen molar-refractivity contribution >= 4 is 29.2 Å². The molecular weight excluding hydrogens is 234 g/mol. The Morgan fingerprint density at radius 3 is 3.00 bits per heavy atom. The molecule has 84 valence electrons. The van der Waals surface area contributed by atoms with Gasteiger partial charge in [-0.25, -0.2) is 9.78 Å². The molecule has 0 saturated heterocycles. The fourth-order valence-electron chi connectivity index (χ4n) is 1.11. The molecule has 0 aliphatic rings. The second-order valence-electron chi connectivity index (χ2n) is 2.98. The van der Waals surface area contributed by atoms with Gasteiger partial charge in [0.05, 0.1) is 0 Å². The molecule has 9 heteroatoms. The topological polar surface area (TPSA) is 115 Å². The second-order valence-corrected chi connectivity index (χ2v) is 3.37. The summed E-state index contributed by atoms with van der Waals surface area (Å²) in [4.78, 5) is 15.4. The van der Waals surface area contributed by atoms with Crippen LogP contribution in [0.15, 0.2) is 10.9 Å². The minimum Gasteiger partial charge on any atom is -0.368 e. The van der Waals surface area contributed by atoms with Gasteiger partial charge < -0.3 is 11.1 Å². The molecular formula is C7H8ClN7O. The summed E-state index contributed by atoms with van der Waals surface area (Å²) in [6, 6.07) is 1.39. The minimum atomic E-state index is -0.340. The molecule has 2 heterocycles. The molecule has 0 aliphatic carbocycles. The molecule has 2 aromatic heterocycles. The molecule has 0 saturated carbocycles. The van der Waals surface area contributed by atoms with Crippen molar-refractivity contribution in [2.75, 3.05) is 11.1 Å². The van der Waals surface area contributed by atoms with E-state index in [4.69, 9.17) is 17.3 Å². The first-order valence-corrected chi connectivity index (χ1v) is 4.63. The normalized spacial score (nSPS) is 10.4.